The van der Waals surface area contributed by atoms with Crippen molar-refractivity contribution in [1.29, 1.82) is 0 Å². The van der Waals surface area contributed by atoms with Gasteiger partial charge in [-0.3, -0.25) is 14.5 Å². The van der Waals surface area contributed by atoms with Gasteiger partial charge in [0.1, 0.15) is 10.6 Å². The molecule has 2 N–H and O–H groups in total. The number of sulfonamides is 1. The number of ether oxygens (including phenoxy) is 1. The molecule has 1 saturated carbocycles. The van der Waals surface area contributed by atoms with Crippen molar-refractivity contribution in [3.63, 3.8) is 0 Å². The predicted molar refractivity (Wildman–Crippen MR) is 108 cm³/mol. The van der Waals surface area contributed by atoms with E-state index in [-0.39, 0.29) is 22.3 Å². The number of amides is 1. The molecule has 0 bridgehead atoms. The third-order valence-electron chi connectivity index (χ3n) is 4.61. The maximum atomic E-state index is 12.7. The van der Waals surface area contributed by atoms with Crippen molar-refractivity contribution in [2.75, 3.05) is 4.72 Å². The Hall–Kier alpha value is -2.53. The van der Waals surface area contributed by atoms with Gasteiger partial charge in [0.15, 0.2) is 0 Å². The standard InChI is InChI=1S/C19H19ClF3N3O4S/c20-13-6-7-16(30-19(21,22)23)17(9-13)31(28,29)26-15-8-12(10-24-11-15)18(27)25-14-4-2-1-3-5-14/h6-11,14,26H,1-5H2,(H,25,27). The summed E-state index contributed by atoms with van der Waals surface area (Å²) in [5, 5.41) is 2.78. The number of hydrogen-bond donors (Lipinski definition) is 2. The van der Waals surface area contributed by atoms with Crippen molar-refractivity contribution in [1.82, 2.24) is 10.3 Å². The molecular weight excluding hydrogens is 459 g/mol. The van der Waals surface area contributed by atoms with E-state index < -0.39 is 32.9 Å². The van der Waals surface area contributed by atoms with Gasteiger partial charge in [-0.2, -0.15) is 0 Å². The summed E-state index contributed by atoms with van der Waals surface area (Å²) in [7, 11) is -4.54. The number of nitrogens with zero attached hydrogens (tertiary/aromatic N) is 1. The molecule has 168 valence electrons. The van der Waals surface area contributed by atoms with Crippen LogP contribution in [0.15, 0.2) is 41.6 Å². The van der Waals surface area contributed by atoms with Crippen molar-refractivity contribution in [2.24, 2.45) is 0 Å². The Morgan fingerprint density at radius 3 is 2.52 bits per heavy atom. The van der Waals surface area contributed by atoms with E-state index in [1.807, 2.05) is 0 Å². The van der Waals surface area contributed by atoms with Crippen molar-refractivity contribution in [3.05, 3.63) is 47.2 Å². The van der Waals surface area contributed by atoms with Crippen molar-refractivity contribution in [2.45, 2.75) is 49.4 Å². The van der Waals surface area contributed by atoms with Crippen LogP contribution in [0.2, 0.25) is 5.02 Å². The van der Waals surface area contributed by atoms with Gasteiger partial charge in [0.05, 0.1) is 17.4 Å². The van der Waals surface area contributed by atoms with Gasteiger partial charge in [-0.15, -0.1) is 13.2 Å². The number of carbonyl (C=O) groups excluding carboxylic acids is 1. The minimum absolute atomic E-state index is 0.0372. The summed E-state index contributed by atoms with van der Waals surface area (Å²) in [6, 6.07) is 3.99. The topological polar surface area (TPSA) is 97.4 Å². The highest BCUT2D eigenvalue weighted by atomic mass is 35.5. The van der Waals surface area contributed by atoms with Gasteiger partial charge >= 0.3 is 6.36 Å². The van der Waals surface area contributed by atoms with Crippen molar-refractivity contribution in [3.8, 4) is 5.75 Å². The maximum Gasteiger partial charge on any atom is 0.573 e. The van der Waals surface area contributed by atoms with Gasteiger partial charge in [-0.1, -0.05) is 30.9 Å². The number of pyridine rings is 1. The lowest BCUT2D eigenvalue weighted by Gasteiger charge is -2.22. The summed E-state index contributed by atoms with van der Waals surface area (Å²) in [6.45, 7) is 0. The van der Waals surface area contributed by atoms with E-state index in [1.54, 1.807) is 0 Å². The molecule has 2 aromatic rings. The number of hydrogen-bond acceptors (Lipinski definition) is 5. The lowest BCUT2D eigenvalue weighted by Crippen LogP contribution is -2.36. The molecule has 1 aliphatic carbocycles. The number of nitrogens with one attached hydrogen (secondary N) is 2. The maximum absolute atomic E-state index is 12.7. The Balaban J connectivity index is 1.81. The molecule has 31 heavy (non-hydrogen) atoms. The van der Waals surface area contributed by atoms with Gasteiger partial charge in [0.2, 0.25) is 0 Å². The van der Waals surface area contributed by atoms with Crippen LogP contribution in [-0.4, -0.2) is 31.7 Å². The number of carbonyl (C=O) groups is 1. The highest BCUT2D eigenvalue weighted by Crippen LogP contribution is 2.33. The molecular formula is C19H19ClF3N3O4S. The first-order chi connectivity index (χ1) is 14.5. The fourth-order valence-corrected chi connectivity index (χ4v) is 4.67. The molecule has 1 heterocycles. The van der Waals surface area contributed by atoms with Crippen LogP contribution in [0.3, 0.4) is 0 Å². The number of aromatic nitrogens is 1. The van der Waals surface area contributed by atoms with Crippen molar-refractivity contribution < 1.29 is 31.1 Å². The second kappa shape index (κ2) is 9.31. The summed E-state index contributed by atoms with van der Waals surface area (Å²) >= 11 is 5.76. The highest BCUT2D eigenvalue weighted by Gasteiger charge is 2.34. The van der Waals surface area contributed by atoms with Crippen LogP contribution < -0.4 is 14.8 Å². The van der Waals surface area contributed by atoms with E-state index in [1.165, 1.54) is 12.3 Å². The van der Waals surface area contributed by atoms with Crippen LogP contribution in [0, 0.1) is 0 Å². The molecule has 7 nitrogen and oxygen atoms in total. The number of anilines is 1. The quantitative estimate of drug-likeness (QED) is 0.638. The Morgan fingerprint density at radius 2 is 1.84 bits per heavy atom. The lowest BCUT2D eigenvalue weighted by molar-refractivity contribution is -0.275. The molecule has 1 amide bonds. The molecule has 1 aromatic heterocycles. The van der Waals surface area contributed by atoms with Gasteiger partial charge in [-0.05, 0) is 37.1 Å². The van der Waals surface area contributed by atoms with E-state index in [2.05, 4.69) is 19.8 Å². The van der Waals surface area contributed by atoms with Crippen LogP contribution in [0.25, 0.3) is 0 Å². The number of alkyl halides is 3. The van der Waals surface area contributed by atoms with Crippen LogP contribution in [0.4, 0.5) is 18.9 Å². The normalized spacial score (nSPS) is 15.4. The fraction of sp³-hybridized carbons (Fsp3) is 0.368. The van der Waals surface area contributed by atoms with E-state index in [0.717, 1.165) is 56.5 Å². The van der Waals surface area contributed by atoms with E-state index >= 15 is 0 Å². The molecule has 12 heteroatoms. The highest BCUT2D eigenvalue weighted by molar-refractivity contribution is 7.92. The average molecular weight is 478 g/mol. The summed E-state index contributed by atoms with van der Waals surface area (Å²) in [5.74, 6) is -1.35. The molecule has 3 rings (SSSR count). The second-order valence-electron chi connectivity index (χ2n) is 7.02. The van der Waals surface area contributed by atoms with Crippen LogP contribution >= 0.6 is 11.6 Å². The first-order valence-electron chi connectivity index (χ1n) is 9.37. The van der Waals surface area contributed by atoms with Gasteiger partial charge in [0.25, 0.3) is 15.9 Å². The van der Waals surface area contributed by atoms with Crippen molar-refractivity contribution >= 4 is 33.2 Å². The number of rotatable bonds is 6. The smallest absolute Gasteiger partial charge is 0.404 e. The molecule has 1 fully saturated rings. The third kappa shape index (κ3) is 6.47. The zero-order chi connectivity index (χ0) is 22.6. The van der Waals surface area contributed by atoms with Crippen LogP contribution in [-0.2, 0) is 10.0 Å². The van der Waals surface area contributed by atoms with Gasteiger partial charge in [0, 0.05) is 17.3 Å². The first-order valence-corrected chi connectivity index (χ1v) is 11.2. The fourth-order valence-electron chi connectivity index (χ4n) is 3.25. The molecule has 0 unspecified atom stereocenters. The van der Waals surface area contributed by atoms with Crippen LogP contribution in [0.5, 0.6) is 5.75 Å². The number of halogens is 4. The summed E-state index contributed by atoms with van der Waals surface area (Å²) in [6.07, 6.45) is 2.18. The third-order valence-corrected chi connectivity index (χ3v) is 6.25. The minimum atomic E-state index is -5.10. The minimum Gasteiger partial charge on any atom is -0.404 e. The van der Waals surface area contributed by atoms with Gasteiger partial charge in [-0.25, -0.2) is 8.42 Å². The molecule has 1 aliphatic rings. The molecule has 0 saturated heterocycles. The SMILES string of the molecule is O=C(NC1CCCCC1)c1cncc(NS(=O)(=O)c2cc(Cl)ccc2OC(F)(F)F)c1. The summed E-state index contributed by atoms with van der Waals surface area (Å²) in [4.78, 5) is 15.5. The Labute approximate surface area is 182 Å². The summed E-state index contributed by atoms with van der Waals surface area (Å²) < 4.78 is 69.3. The van der Waals surface area contributed by atoms with E-state index in [4.69, 9.17) is 11.6 Å². The summed E-state index contributed by atoms with van der Waals surface area (Å²) in [5.41, 5.74) is 0.0119. The van der Waals surface area contributed by atoms with Gasteiger partial charge < -0.3 is 10.1 Å². The molecule has 0 radical (unpaired) electrons. The molecule has 0 atom stereocenters. The lowest BCUT2D eigenvalue weighted by atomic mass is 9.95. The predicted octanol–water partition coefficient (Wildman–Crippen LogP) is 4.50. The molecule has 0 spiro atoms. The Morgan fingerprint density at radius 1 is 1.13 bits per heavy atom. The zero-order valence-electron chi connectivity index (χ0n) is 16.1. The largest absolute Gasteiger partial charge is 0.573 e. The zero-order valence-corrected chi connectivity index (χ0v) is 17.6. The Bertz CT molecular complexity index is 1060. The van der Waals surface area contributed by atoms with E-state index in [9.17, 15) is 26.4 Å². The monoisotopic (exact) mass is 477 g/mol. The van der Waals surface area contributed by atoms with E-state index in [0.29, 0.717) is 0 Å². The second-order valence-corrected chi connectivity index (χ2v) is 9.10. The first kappa shape index (κ1) is 23.1. The molecule has 1 aromatic carbocycles. The molecule has 0 aliphatic heterocycles. The average Bonchev–Trinajstić information content (AvgIpc) is 2.69. The van der Waals surface area contributed by atoms with Crippen LogP contribution in [0.1, 0.15) is 42.5 Å². The Kier molecular flexibility index (Phi) is 6.95. The number of benzene rings is 1.